The van der Waals surface area contributed by atoms with E-state index in [4.69, 9.17) is 14.2 Å². The quantitative estimate of drug-likeness (QED) is 0.330. The molecule has 1 N–H and O–H groups in total. The molecular formula is C30H37FN2O5S. The Labute approximate surface area is 230 Å². The van der Waals surface area contributed by atoms with Crippen molar-refractivity contribution in [2.75, 3.05) is 26.9 Å². The largest absolute Gasteiger partial charge is 0.493 e. The van der Waals surface area contributed by atoms with E-state index >= 15 is 4.39 Å². The van der Waals surface area contributed by atoms with Gasteiger partial charge in [0.05, 0.1) is 23.3 Å². The van der Waals surface area contributed by atoms with E-state index in [1.165, 1.54) is 18.6 Å². The summed E-state index contributed by atoms with van der Waals surface area (Å²) in [7, 11) is -2.25. The predicted octanol–water partition coefficient (Wildman–Crippen LogP) is 5.62. The Morgan fingerprint density at radius 2 is 1.87 bits per heavy atom. The number of rotatable bonds is 11. The van der Waals surface area contributed by atoms with E-state index in [2.05, 4.69) is 5.32 Å². The van der Waals surface area contributed by atoms with E-state index in [9.17, 15) is 8.42 Å². The van der Waals surface area contributed by atoms with E-state index < -0.39 is 15.8 Å². The van der Waals surface area contributed by atoms with Crippen LogP contribution in [0.5, 0.6) is 11.5 Å². The second kappa shape index (κ2) is 12.1. The zero-order chi connectivity index (χ0) is 27.4. The summed E-state index contributed by atoms with van der Waals surface area (Å²) < 4.78 is 61.7. The van der Waals surface area contributed by atoms with Crippen LogP contribution in [0.4, 0.5) is 4.39 Å². The lowest BCUT2D eigenvalue weighted by molar-refractivity contribution is 0.0238. The molecule has 2 heterocycles. The summed E-state index contributed by atoms with van der Waals surface area (Å²) >= 11 is 0. The minimum Gasteiger partial charge on any atom is -0.493 e. The molecule has 2 fully saturated rings. The number of nitrogens with one attached hydrogen (secondary N) is 1. The predicted molar refractivity (Wildman–Crippen MR) is 148 cm³/mol. The van der Waals surface area contributed by atoms with Crippen molar-refractivity contribution in [2.45, 2.75) is 56.6 Å². The van der Waals surface area contributed by atoms with Crippen molar-refractivity contribution in [3.63, 3.8) is 0 Å². The molecule has 1 saturated carbocycles. The van der Waals surface area contributed by atoms with Crippen molar-refractivity contribution >= 4 is 10.0 Å². The van der Waals surface area contributed by atoms with Crippen molar-refractivity contribution in [3.05, 3.63) is 66.1 Å². The van der Waals surface area contributed by atoms with E-state index in [0.717, 1.165) is 35.2 Å². The van der Waals surface area contributed by atoms with Gasteiger partial charge in [0.2, 0.25) is 0 Å². The van der Waals surface area contributed by atoms with Gasteiger partial charge in [-0.25, -0.2) is 16.8 Å². The Kier molecular flexibility index (Phi) is 8.59. The van der Waals surface area contributed by atoms with Crippen LogP contribution in [-0.4, -0.2) is 45.4 Å². The fourth-order valence-electron chi connectivity index (χ4n) is 5.18. The number of nitrogens with zero attached hydrogens (tertiary/aromatic N) is 1. The highest BCUT2D eigenvalue weighted by atomic mass is 32.2. The molecule has 2 aromatic carbocycles. The number of halogens is 1. The van der Waals surface area contributed by atoms with Crippen LogP contribution in [0.25, 0.3) is 11.3 Å². The van der Waals surface area contributed by atoms with Crippen molar-refractivity contribution in [1.29, 1.82) is 0 Å². The van der Waals surface area contributed by atoms with Gasteiger partial charge in [0.1, 0.15) is 17.3 Å². The molecule has 39 heavy (non-hydrogen) atoms. The Morgan fingerprint density at radius 1 is 1.08 bits per heavy atom. The monoisotopic (exact) mass is 556 g/mol. The summed E-state index contributed by atoms with van der Waals surface area (Å²) in [5.41, 5.74) is 1.16. The third-order valence-electron chi connectivity index (χ3n) is 7.76. The molecule has 5 rings (SSSR count). The molecule has 1 atom stereocenters. The van der Waals surface area contributed by atoms with Crippen molar-refractivity contribution in [3.8, 4) is 22.8 Å². The molecule has 1 aliphatic heterocycles. The topological polar surface area (TPSA) is 78.8 Å². The summed E-state index contributed by atoms with van der Waals surface area (Å²) in [6.45, 7) is 4.43. The lowest BCUT2D eigenvalue weighted by Crippen LogP contribution is -2.29. The number of hydrogen-bond acceptors (Lipinski definition) is 6. The molecular weight excluding hydrogens is 519 g/mol. The van der Waals surface area contributed by atoms with Gasteiger partial charge in [-0.05, 0) is 87.4 Å². The molecule has 1 saturated heterocycles. The average molecular weight is 557 g/mol. The number of hydrogen-bond donors (Lipinski definition) is 1. The first-order chi connectivity index (χ1) is 18.8. The first kappa shape index (κ1) is 27.7. The zero-order valence-electron chi connectivity index (χ0n) is 22.6. The molecule has 1 aliphatic carbocycles. The Bertz CT molecular complexity index is 1380. The number of benzene rings is 2. The standard InChI is InChI=1S/C30H37FN2O5S/c1-21(24-11-13-36-14-12-24)38-26-9-10-28(29(31)17-26)30-15-23(18-32-2)19-33(30)39(34,35)27-8-4-7-25(16-27)37-20-22-5-3-6-22/h4,7-10,15-17,19,21-22,24,32H,3,5-6,11-14,18,20H2,1-2H3. The van der Waals surface area contributed by atoms with E-state index in [1.807, 2.05) is 6.92 Å². The maximum Gasteiger partial charge on any atom is 0.268 e. The van der Waals surface area contributed by atoms with Crippen LogP contribution in [0.2, 0.25) is 0 Å². The van der Waals surface area contributed by atoms with Crippen molar-refractivity contribution in [2.24, 2.45) is 11.8 Å². The van der Waals surface area contributed by atoms with E-state index in [0.29, 0.717) is 49.7 Å². The Morgan fingerprint density at radius 3 is 2.56 bits per heavy atom. The van der Waals surface area contributed by atoms with Crippen LogP contribution in [0.1, 0.15) is 44.6 Å². The van der Waals surface area contributed by atoms with Crippen LogP contribution in [0.15, 0.2) is 59.6 Å². The highest BCUT2D eigenvalue weighted by molar-refractivity contribution is 7.90. The average Bonchev–Trinajstić information content (AvgIpc) is 3.33. The summed E-state index contributed by atoms with van der Waals surface area (Å²) in [5.74, 6) is 1.26. The Balaban J connectivity index is 1.42. The zero-order valence-corrected chi connectivity index (χ0v) is 23.4. The molecule has 9 heteroatoms. The summed E-state index contributed by atoms with van der Waals surface area (Å²) in [6.07, 6.45) is 6.78. The molecule has 3 aromatic rings. The molecule has 0 spiro atoms. The van der Waals surface area contributed by atoms with Crippen LogP contribution < -0.4 is 14.8 Å². The van der Waals surface area contributed by atoms with Crippen molar-refractivity contribution < 1.29 is 27.0 Å². The minimum absolute atomic E-state index is 0.0793. The normalized spacial score (nSPS) is 17.5. The summed E-state index contributed by atoms with van der Waals surface area (Å²) in [6, 6.07) is 12.8. The maximum absolute atomic E-state index is 15.5. The fourth-order valence-corrected chi connectivity index (χ4v) is 6.60. The van der Waals surface area contributed by atoms with Crippen LogP contribution in [0.3, 0.4) is 0 Å². The molecule has 0 amide bonds. The molecule has 1 aromatic heterocycles. The SMILES string of the molecule is CNCc1cc(-c2ccc(OC(C)C3CCOCC3)cc2F)n(S(=O)(=O)c2cccc(OCC3CCC3)c2)c1. The van der Waals surface area contributed by atoms with Crippen LogP contribution in [0, 0.1) is 17.7 Å². The van der Waals surface area contributed by atoms with Gasteiger partial charge in [0, 0.05) is 43.7 Å². The van der Waals surface area contributed by atoms with Gasteiger partial charge < -0.3 is 19.5 Å². The van der Waals surface area contributed by atoms with Gasteiger partial charge >= 0.3 is 0 Å². The molecule has 210 valence electrons. The smallest absolute Gasteiger partial charge is 0.268 e. The van der Waals surface area contributed by atoms with Crippen molar-refractivity contribution in [1.82, 2.24) is 9.29 Å². The third-order valence-corrected chi connectivity index (χ3v) is 9.43. The summed E-state index contributed by atoms with van der Waals surface area (Å²) in [4.78, 5) is 0.0899. The van der Waals surface area contributed by atoms with Gasteiger partial charge in [-0.3, -0.25) is 0 Å². The molecule has 0 bridgehead atoms. The van der Waals surface area contributed by atoms with Gasteiger partial charge in [-0.1, -0.05) is 12.5 Å². The highest BCUT2D eigenvalue weighted by Gasteiger charge is 2.26. The van der Waals surface area contributed by atoms with Gasteiger partial charge in [0.25, 0.3) is 10.0 Å². The third kappa shape index (κ3) is 6.31. The Hall–Kier alpha value is -2.88. The second-order valence-electron chi connectivity index (χ2n) is 10.6. The van der Waals surface area contributed by atoms with Gasteiger partial charge in [-0.15, -0.1) is 0 Å². The van der Waals surface area contributed by atoms with Crippen LogP contribution >= 0.6 is 0 Å². The van der Waals surface area contributed by atoms with E-state index in [1.54, 1.807) is 49.6 Å². The first-order valence-electron chi connectivity index (χ1n) is 13.7. The van der Waals surface area contributed by atoms with E-state index in [-0.39, 0.29) is 22.3 Å². The minimum atomic E-state index is -4.03. The fraction of sp³-hybridized carbons (Fsp3) is 0.467. The summed E-state index contributed by atoms with van der Waals surface area (Å²) in [5, 5.41) is 3.04. The van der Waals surface area contributed by atoms with Gasteiger partial charge in [-0.2, -0.15) is 0 Å². The lowest BCUT2D eigenvalue weighted by Gasteiger charge is -2.28. The maximum atomic E-state index is 15.5. The number of aromatic nitrogens is 1. The first-order valence-corrected chi connectivity index (χ1v) is 15.2. The number of ether oxygens (including phenoxy) is 3. The molecule has 1 unspecified atom stereocenters. The molecule has 0 radical (unpaired) electrons. The van der Waals surface area contributed by atoms with Crippen LogP contribution in [-0.2, 0) is 21.3 Å². The van der Waals surface area contributed by atoms with Gasteiger partial charge in [0.15, 0.2) is 0 Å². The second-order valence-corrected chi connectivity index (χ2v) is 12.4. The molecule has 7 nitrogen and oxygen atoms in total. The molecule has 2 aliphatic rings. The highest BCUT2D eigenvalue weighted by Crippen LogP contribution is 2.33. The lowest BCUT2D eigenvalue weighted by atomic mass is 9.86.